The summed E-state index contributed by atoms with van der Waals surface area (Å²) in [6.45, 7) is 0. The summed E-state index contributed by atoms with van der Waals surface area (Å²) in [5.74, 6) is -5.21. The number of anilines is 2. The van der Waals surface area contributed by atoms with Gasteiger partial charge in [-0.25, -0.2) is 17.6 Å². The molecule has 0 heterocycles. The summed E-state index contributed by atoms with van der Waals surface area (Å²) < 4.78 is 54.2. The molecule has 1 N–H and O–H groups in total. The van der Waals surface area contributed by atoms with Gasteiger partial charge in [0.05, 0.1) is 0 Å². The molecular weight excluding hydrogens is 286 g/mol. The molecule has 2 aromatic carbocycles. The van der Waals surface area contributed by atoms with Gasteiger partial charge in [-0.2, -0.15) is 10.5 Å². The lowest BCUT2D eigenvalue weighted by molar-refractivity contribution is 0.496. The highest BCUT2D eigenvalue weighted by Gasteiger charge is 2.25. The molecule has 104 valence electrons. The molecule has 0 atom stereocenters. The van der Waals surface area contributed by atoms with Crippen LogP contribution in [0.1, 0.15) is 11.1 Å². The first-order chi connectivity index (χ1) is 9.99. The summed E-state index contributed by atoms with van der Waals surface area (Å²) >= 11 is 0. The van der Waals surface area contributed by atoms with Crippen molar-refractivity contribution in [2.75, 3.05) is 5.32 Å². The van der Waals surface area contributed by atoms with Crippen LogP contribution in [-0.4, -0.2) is 0 Å². The minimum absolute atomic E-state index is 0.0854. The Morgan fingerprint density at radius 3 is 1.81 bits per heavy atom. The monoisotopic (exact) mass is 291 g/mol. The highest BCUT2D eigenvalue weighted by Crippen LogP contribution is 2.30. The summed E-state index contributed by atoms with van der Waals surface area (Å²) in [5, 5.41) is 19.6. The quantitative estimate of drug-likeness (QED) is 0.677. The predicted octanol–water partition coefficient (Wildman–Crippen LogP) is 3.73. The fourth-order valence-electron chi connectivity index (χ4n) is 1.66. The molecule has 0 aliphatic rings. The molecule has 0 amide bonds. The molecule has 21 heavy (non-hydrogen) atoms. The maximum absolute atomic E-state index is 14.0. The van der Waals surface area contributed by atoms with Crippen molar-refractivity contribution in [3.63, 3.8) is 0 Å². The molecule has 0 aromatic heterocycles. The largest absolute Gasteiger partial charge is 0.351 e. The van der Waals surface area contributed by atoms with Crippen LogP contribution in [0.3, 0.4) is 0 Å². The fourth-order valence-corrected chi connectivity index (χ4v) is 1.66. The molecule has 3 nitrogen and oxygen atoms in total. The van der Waals surface area contributed by atoms with Crippen LogP contribution in [0.4, 0.5) is 28.9 Å². The summed E-state index contributed by atoms with van der Waals surface area (Å²) in [5.41, 5.74) is -2.74. The van der Waals surface area contributed by atoms with Crippen LogP contribution in [0.2, 0.25) is 0 Å². The van der Waals surface area contributed by atoms with Gasteiger partial charge in [0.1, 0.15) is 34.8 Å². The van der Waals surface area contributed by atoms with Crippen LogP contribution in [0, 0.1) is 45.9 Å². The highest BCUT2D eigenvalue weighted by molar-refractivity contribution is 5.66. The zero-order valence-corrected chi connectivity index (χ0v) is 10.2. The van der Waals surface area contributed by atoms with E-state index in [0.717, 1.165) is 12.1 Å². The van der Waals surface area contributed by atoms with Gasteiger partial charge in [0.2, 0.25) is 0 Å². The molecule has 0 radical (unpaired) electrons. The number of halogens is 4. The topological polar surface area (TPSA) is 59.6 Å². The normalized spacial score (nSPS) is 9.81. The van der Waals surface area contributed by atoms with E-state index in [2.05, 4.69) is 5.32 Å². The van der Waals surface area contributed by atoms with Crippen molar-refractivity contribution in [3.8, 4) is 12.1 Å². The van der Waals surface area contributed by atoms with Crippen LogP contribution < -0.4 is 5.32 Å². The Labute approximate surface area is 116 Å². The lowest BCUT2D eigenvalue weighted by atomic mass is 10.1. The molecule has 7 heteroatoms. The molecule has 0 saturated carbocycles. The molecule has 2 aromatic rings. The van der Waals surface area contributed by atoms with E-state index in [9.17, 15) is 17.6 Å². The summed E-state index contributed by atoms with van der Waals surface area (Å²) in [7, 11) is 0. The summed E-state index contributed by atoms with van der Waals surface area (Å²) in [4.78, 5) is 0. The Morgan fingerprint density at radius 2 is 1.29 bits per heavy atom. The smallest absolute Gasteiger partial charge is 0.186 e. The lowest BCUT2D eigenvalue weighted by Gasteiger charge is -2.11. The number of hydrogen-bond acceptors (Lipinski definition) is 3. The summed E-state index contributed by atoms with van der Waals surface area (Å²) in [6.07, 6.45) is 0. The van der Waals surface area contributed by atoms with E-state index in [1.165, 1.54) is 24.3 Å². The van der Waals surface area contributed by atoms with Crippen LogP contribution in [0.15, 0.2) is 24.3 Å². The zero-order chi connectivity index (χ0) is 15.6. The molecule has 0 spiro atoms. The Bertz CT molecular complexity index is 786. The van der Waals surface area contributed by atoms with Crippen molar-refractivity contribution in [2.45, 2.75) is 0 Å². The SMILES string of the molecule is N#Cc1c(F)c(F)c(Nc2ccc(F)cc2)c(F)c1C#N. The Morgan fingerprint density at radius 1 is 0.762 bits per heavy atom. The highest BCUT2D eigenvalue weighted by atomic mass is 19.2. The first-order valence-electron chi connectivity index (χ1n) is 5.52. The summed E-state index contributed by atoms with van der Waals surface area (Å²) in [6, 6.07) is 6.97. The third-order valence-electron chi connectivity index (χ3n) is 2.66. The minimum atomic E-state index is -1.63. The third kappa shape index (κ3) is 2.49. The van der Waals surface area contributed by atoms with E-state index < -0.39 is 40.1 Å². The second-order valence-corrected chi connectivity index (χ2v) is 3.92. The molecule has 0 fully saturated rings. The standard InChI is InChI=1S/C14H5F4N3/c15-7-1-3-8(4-2-7)21-14-12(17)10(6-20)9(5-19)11(16)13(14)18/h1-4,21H. The van der Waals surface area contributed by atoms with Crippen molar-refractivity contribution < 1.29 is 17.6 Å². The van der Waals surface area contributed by atoms with Crippen molar-refractivity contribution in [1.82, 2.24) is 0 Å². The van der Waals surface area contributed by atoms with E-state index in [1.54, 1.807) is 0 Å². The predicted molar refractivity (Wildman–Crippen MR) is 65.4 cm³/mol. The second-order valence-electron chi connectivity index (χ2n) is 3.92. The van der Waals surface area contributed by atoms with Crippen molar-refractivity contribution >= 4 is 11.4 Å². The first kappa shape index (κ1) is 14.4. The maximum atomic E-state index is 14.0. The van der Waals surface area contributed by atoms with Gasteiger partial charge in [-0.15, -0.1) is 0 Å². The fraction of sp³-hybridized carbons (Fsp3) is 0. The van der Waals surface area contributed by atoms with Gasteiger partial charge in [0.15, 0.2) is 17.5 Å². The van der Waals surface area contributed by atoms with Crippen LogP contribution >= 0.6 is 0 Å². The Balaban J connectivity index is 2.60. The number of nitrogens with zero attached hydrogens (tertiary/aromatic N) is 2. The van der Waals surface area contributed by atoms with Gasteiger partial charge in [-0.1, -0.05) is 0 Å². The van der Waals surface area contributed by atoms with Crippen molar-refractivity contribution in [1.29, 1.82) is 10.5 Å². The minimum Gasteiger partial charge on any atom is -0.351 e. The zero-order valence-electron chi connectivity index (χ0n) is 10.2. The number of rotatable bonds is 2. The number of nitrogens with one attached hydrogen (secondary N) is 1. The van der Waals surface area contributed by atoms with Gasteiger partial charge in [-0.3, -0.25) is 0 Å². The van der Waals surface area contributed by atoms with Crippen LogP contribution in [0.25, 0.3) is 0 Å². The first-order valence-corrected chi connectivity index (χ1v) is 5.52. The van der Waals surface area contributed by atoms with E-state index in [4.69, 9.17) is 10.5 Å². The molecule has 0 aliphatic heterocycles. The molecule has 0 unspecified atom stereocenters. The van der Waals surface area contributed by atoms with Gasteiger partial charge in [0.25, 0.3) is 0 Å². The third-order valence-corrected chi connectivity index (χ3v) is 2.66. The Kier molecular flexibility index (Phi) is 3.77. The van der Waals surface area contributed by atoms with Gasteiger partial charge in [0, 0.05) is 5.69 Å². The van der Waals surface area contributed by atoms with E-state index in [0.29, 0.717) is 0 Å². The van der Waals surface area contributed by atoms with Gasteiger partial charge < -0.3 is 5.32 Å². The van der Waals surface area contributed by atoms with E-state index >= 15 is 0 Å². The van der Waals surface area contributed by atoms with E-state index in [1.807, 2.05) is 0 Å². The average molecular weight is 291 g/mol. The van der Waals surface area contributed by atoms with E-state index in [-0.39, 0.29) is 5.69 Å². The molecular formula is C14H5F4N3. The molecule has 0 aliphatic carbocycles. The maximum Gasteiger partial charge on any atom is 0.186 e. The Hall–Kier alpha value is -3.06. The molecule has 0 bridgehead atoms. The van der Waals surface area contributed by atoms with Crippen molar-refractivity contribution in [2.24, 2.45) is 0 Å². The van der Waals surface area contributed by atoms with Crippen molar-refractivity contribution in [3.05, 3.63) is 58.7 Å². The number of nitriles is 2. The number of benzene rings is 2. The van der Waals surface area contributed by atoms with Crippen LogP contribution in [0.5, 0.6) is 0 Å². The van der Waals surface area contributed by atoms with Crippen LogP contribution in [-0.2, 0) is 0 Å². The molecule has 0 saturated heterocycles. The van der Waals surface area contributed by atoms with Gasteiger partial charge in [-0.05, 0) is 24.3 Å². The second kappa shape index (κ2) is 5.51. The van der Waals surface area contributed by atoms with Gasteiger partial charge >= 0.3 is 0 Å². The lowest BCUT2D eigenvalue weighted by Crippen LogP contribution is -2.06. The molecule has 2 rings (SSSR count). The number of hydrogen-bond donors (Lipinski definition) is 1. The average Bonchev–Trinajstić information content (AvgIpc) is 2.49.